The van der Waals surface area contributed by atoms with Crippen LogP contribution < -0.4 is 10.5 Å². The molecular weight excluding hydrogens is 214 g/mol. The molecule has 0 aliphatic carbocycles. The third-order valence-electron chi connectivity index (χ3n) is 2.29. The molecule has 0 spiro atoms. The molecule has 17 heavy (non-hydrogen) atoms. The van der Waals surface area contributed by atoms with Crippen LogP contribution in [0.1, 0.15) is 11.1 Å². The maximum Gasteiger partial charge on any atom is 0.163 e. The first-order valence-corrected chi connectivity index (χ1v) is 5.14. The van der Waals surface area contributed by atoms with E-state index in [2.05, 4.69) is 11.1 Å². The summed E-state index contributed by atoms with van der Waals surface area (Å²) in [6.45, 7) is 0.497. The Morgan fingerprint density at radius 1 is 1.24 bits per heavy atom. The molecule has 2 N–H and O–H groups in total. The molecule has 0 aliphatic heterocycles. The number of ether oxygens (including phenoxy) is 1. The van der Waals surface area contributed by atoms with Gasteiger partial charge in [-0.25, -0.2) is 0 Å². The van der Waals surface area contributed by atoms with E-state index in [4.69, 9.17) is 15.7 Å². The van der Waals surface area contributed by atoms with Crippen LogP contribution in [0.4, 0.5) is 0 Å². The molecule has 2 rings (SSSR count). The molecule has 0 radical (unpaired) electrons. The number of nitrogens with zero attached hydrogens (tertiary/aromatic N) is 2. The molecule has 1 aromatic carbocycles. The monoisotopic (exact) mass is 225 g/mol. The zero-order chi connectivity index (χ0) is 12.1. The Kier molecular flexibility index (Phi) is 3.34. The van der Waals surface area contributed by atoms with E-state index in [1.54, 1.807) is 12.3 Å². The molecule has 0 atom stereocenters. The quantitative estimate of drug-likeness (QED) is 0.869. The molecule has 0 unspecified atom stereocenters. The molecular formula is C13H11N3O. The summed E-state index contributed by atoms with van der Waals surface area (Å²) >= 11 is 0. The van der Waals surface area contributed by atoms with Crippen LogP contribution in [0.15, 0.2) is 42.7 Å². The standard InChI is InChI=1S/C13H11N3O/c14-7-10-1-3-12(4-2-10)17-13-9-16-6-5-11(13)8-15/h1-6,9H,7,14H2. The summed E-state index contributed by atoms with van der Waals surface area (Å²) in [5.74, 6) is 1.11. The number of pyridine rings is 1. The van der Waals surface area contributed by atoms with Gasteiger partial charge in [0, 0.05) is 12.7 Å². The van der Waals surface area contributed by atoms with Gasteiger partial charge in [-0.3, -0.25) is 4.98 Å². The lowest BCUT2D eigenvalue weighted by molar-refractivity contribution is 0.478. The third kappa shape index (κ3) is 2.60. The zero-order valence-electron chi connectivity index (χ0n) is 9.13. The molecule has 0 saturated heterocycles. The fourth-order valence-electron chi connectivity index (χ4n) is 1.37. The van der Waals surface area contributed by atoms with Crippen LogP contribution in [0, 0.1) is 11.3 Å². The molecule has 0 aliphatic rings. The summed E-state index contributed by atoms with van der Waals surface area (Å²) in [5.41, 5.74) is 7.00. The smallest absolute Gasteiger partial charge is 0.163 e. The van der Waals surface area contributed by atoms with Crippen LogP contribution in [0.3, 0.4) is 0 Å². The van der Waals surface area contributed by atoms with Crippen molar-refractivity contribution < 1.29 is 4.74 Å². The van der Waals surface area contributed by atoms with Gasteiger partial charge in [-0.1, -0.05) is 12.1 Å². The van der Waals surface area contributed by atoms with Crippen molar-refractivity contribution >= 4 is 0 Å². The molecule has 0 bridgehead atoms. The highest BCUT2D eigenvalue weighted by molar-refractivity contribution is 5.43. The Hall–Kier alpha value is -2.38. The summed E-state index contributed by atoms with van der Waals surface area (Å²) in [5, 5.41) is 8.90. The number of hydrogen-bond donors (Lipinski definition) is 1. The highest BCUT2D eigenvalue weighted by Crippen LogP contribution is 2.23. The lowest BCUT2D eigenvalue weighted by Crippen LogP contribution is -1.95. The van der Waals surface area contributed by atoms with Gasteiger partial charge in [0.2, 0.25) is 0 Å². The third-order valence-corrected chi connectivity index (χ3v) is 2.29. The first-order valence-electron chi connectivity index (χ1n) is 5.14. The maximum atomic E-state index is 8.90. The topological polar surface area (TPSA) is 71.9 Å². The lowest BCUT2D eigenvalue weighted by Gasteiger charge is -2.06. The molecule has 0 fully saturated rings. The van der Waals surface area contributed by atoms with Gasteiger partial charge >= 0.3 is 0 Å². The largest absolute Gasteiger partial charge is 0.454 e. The van der Waals surface area contributed by atoms with Gasteiger partial charge < -0.3 is 10.5 Å². The van der Waals surface area contributed by atoms with Crippen molar-refractivity contribution in [1.82, 2.24) is 4.98 Å². The molecule has 2 aromatic rings. The van der Waals surface area contributed by atoms with Crippen LogP contribution in [0.25, 0.3) is 0 Å². The molecule has 4 nitrogen and oxygen atoms in total. The van der Waals surface area contributed by atoms with Crippen LogP contribution in [-0.4, -0.2) is 4.98 Å². The predicted octanol–water partition coefficient (Wildman–Crippen LogP) is 2.20. The highest BCUT2D eigenvalue weighted by Gasteiger charge is 2.03. The number of hydrogen-bond acceptors (Lipinski definition) is 4. The van der Waals surface area contributed by atoms with Crippen LogP contribution >= 0.6 is 0 Å². The van der Waals surface area contributed by atoms with E-state index >= 15 is 0 Å². The lowest BCUT2D eigenvalue weighted by atomic mass is 10.2. The Morgan fingerprint density at radius 2 is 2.00 bits per heavy atom. The number of rotatable bonds is 3. The van der Waals surface area contributed by atoms with Gasteiger partial charge in [0.1, 0.15) is 11.8 Å². The van der Waals surface area contributed by atoms with Gasteiger partial charge in [-0.05, 0) is 23.8 Å². The summed E-state index contributed by atoms with van der Waals surface area (Å²) in [4.78, 5) is 3.93. The van der Waals surface area contributed by atoms with E-state index in [1.165, 1.54) is 6.20 Å². The van der Waals surface area contributed by atoms with E-state index in [-0.39, 0.29) is 0 Å². The minimum absolute atomic E-state index is 0.454. The predicted molar refractivity (Wildman–Crippen MR) is 63.4 cm³/mol. The first kappa shape index (κ1) is 11.1. The van der Waals surface area contributed by atoms with Crippen molar-refractivity contribution in [2.75, 3.05) is 0 Å². The summed E-state index contributed by atoms with van der Waals surface area (Å²) in [6, 6.07) is 11.1. The molecule has 1 aromatic heterocycles. The molecule has 0 saturated carbocycles. The van der Waals surface area contributed by atoms with E-state index in [0.717, 1.165) is 5.56 Å². The van der Waals surface area contributed by atoms with Crippen molar-refractivity contribution in [1.29, 1.82) is 5.26 Å². The average molecular weight is 225 g/mol. The Bertz CT molecular complexity index is 543. The average Bonchev–Trinajstić information content (AvgIpc) is 2.40. The molecule has 1 heterocycles. The van der Waals surface area contributed by atoms with Crippen molar-refractivity contribution in [3.63, 3.8) is 0 Å². The van der Waals surface area contributed by atoms with E-state index in [1.807, 2.05) is 24.3 Å². The minimum atomic E-state index is 0.454. The second kappa shape index (κ2) is 5.10. The van der Waals surface area contributed by atoms with Gasteiger partial charge in [0.15, 0.2) is 5.75 Å². The summed E-state index contributed by atoms with van der Waals surface area (Å²) in [6.07, 6.45) is 3.08. The molecule has 0 amide bonds. The number of aromatic nitrogens is 1. The minimum Gasteiger partial charge on any atom is -0.454 e. The molecule has 84 valence electrons. The van der Waals surface area contributed by atoms with E-state index < -0.39 is 0 Å². The Labute approximate surface area is 99.3 Å². The fraction of sp³-hybridized carbons (Fsp3) is 0.0769. The first-order chi connectivity index (χ1) is 8.33. The van der Waals surface area contributed by atoms with Crippen molar-refractivity contribution in [2.45, 2.75) is 6.54 Å². The second-order valence-electron chi connectivity index (χ2n) is 3.43. The molecule has 4 heteroatoms. The van der Waals surface area contributed by atoms with Crippen molar-refractivity contribution in [3.05, 3.63) is 53.9 Å². The normalized spacial score (nSPS) is 9.65. The number of benzene rings is 1. The van der Waals surface area contributed by atoms with Crippen LogP contribution in [0.5, 0.6) is 11.5 Å². The van der Waals surface area contributed by atoms with E-state index in [9.17, 15) is 0 Å². The Morgan fingerprint density at radius 3 is 2.65 bits per heavy atom. The summed E-state index contributed by atoms with van der Waals surface area (Å²) < 4.78 is 5.57. The van der Waals surface area contributed by atoms with Crippen molar-refractivity contribution in [2.24, 2.45) is 5.73 Å². The van der Waals surface area contributed by atoms with Crippen LogP contribution in [0.2, 0.25) is 0 Å². The Balaban J connectivity index is 2.23. The number of nitrogens with two attached hydrogens (primary N) is 1. The van der Waals surface area contributed by atoms with Crippen LogP contribution in [-0.2, 0) is 6.54 Å². The second-order valence-corrected chi connectivity index (χ2v) is 3.43. The van der Waals surface area contributed by atoms with Crippen molar-refractivity contribution in [3.8, 4) is 17.6 Å². The van der Waals surface area contributed by atoms with Gasteiger partial charge in [0.25, 0.3) is 0 Å². The van der Waals surface area contributed by atoms with Gasteiger partial charge in [0.05, 0.1) is 11.8 Å². The zero-order valence-corrected chi connectivity index (χ0v) is 9.13. The van der Waals surface area contributed by atoms with Gasteiger partial charge in [-0.2, -0.15) is 5.26 Å². The summed E-state index contributed by atoms with van der Waals surface area (Å²) in [7, 11) is 0. The number of nitriles is 1. The van der Waals surface area contributed by atoms with Gasteiger partial charge in [-0.15, -0.1) is 0 Å². The SMILES string of the molecule is N#Cc1ccncc1Oc1ccc(CN)cc1. The van der Waals surface area contributed by atoms with E-state index in [0.29, 0.717) is 23.6 Å². The maximum absolute atomic E-state index is 8.90. The fourth-order valence-corrected chi connectivity index (χ4v) is 1.37. The highest BCUT2D eigenvalue weighted by atomic mass is 16.5.